The number of hydrogen-bond acceptors (Lipinski definition) is 2. The van der Waals surface area contributed by atoms with E-state index < -0.39 is 0 Å². The molecule has 0 aliphatic carbocycles. The van der Waals surface area contributed by atoms with Crippen LogP contribution in [0.1, 0.15) is 24.2 Å². The highest BCUT2D eigenvalue weighted by Gasteiger charge is 2.14. The first-order valence-corrected chi connectivity index (χ1v) is 7.33. The molecule has 1 heterocycles. The Hall–Kier alpha value is -2.19. The predicted octanol–water partition coefficient (Wildman–Crippen LogP) is 4.43. The third kappa shape index (κ3) is 2.96. The van der Waals surface area contributed by atoms with Crippen molar-refractivity contribution >= 4 is 10.8 Å². The molecule has 0 fully saturated rings. The lowest BCUT2D eigenvalue weighted by Gasteiger charge is -2.26. The molecule has 0 N–H and O–H groups in total. The third-order valence-electron chi connectivity index (χ3n) is 4.07. The van der Waals surface area contributed by atoms with Crippen molar-refractivity contribution in [1.29, 1.82) is 0 Å². The van der Waals surface area contributed by atoms with Crippen molar-refractivity contribution in [3.05, 3.63) is 78.1 Å². The van der Waals surface area contributed by atoms with E-state index in [1.165, 1.54) is 16.3 Å². The monoisotopic (exact) mass is 276 g/mol. The minimum atomic E-state index is 0.345. The molecule has 0 aliphatic heterocycles. The lowest BCUT2D eigenvalue weighted by molar-refractivity contribution is 0.251. The molecule has 1 aromatic heterocycles. The highest BCUT2D eigenvalue weighted by Crippen LogP contribution is 2.27. The van der Waals surface area contributed by atoms with Crippen LogP contribution >= 0.6 is 0 Å². The first kappa shape index (κ1) is 13.8. The van der Waals surface area contributed by atoms with Crippen LogP contribution in [0.25, 0.3) is 10.8 Å². The zero-order valence-corrected chi connectivity index (χ0v) is 12.5. The number of fused-ring (bicyclic) bond motifs is 1. The highest BCUT2D eigenvalue weighted by atomic mass is 15.1. The van der Waals surface area contributed by atoms with Crippen LogP contribution in [0.4, 0.5) is 0 Å². The van der Waals surface area contributed by atoms with Gasteiger partial charge in [0.15, 0.2) is 0 Å². The van der Waals surface area contributed by atoms with E-state index in [1.54, 1.807) is 0 Å². The fraction of sp³-hybridized carbons (Fsp3) is 0.211. The second kappa shape index (κ2) is 6.06. The Morgan fingerprint density at radius 3 is 2.52 bits per heavy atom. The molecule has 0 bridgehead atoms. The molecule has 0 radical (unpaired) electrons. The van der Waals surface area contributed by atoms with Crippen LogP contribution in [0.3, 0.4) is 0 Å². The molecule has 21 heavy (non-hydrogen) atoms. The lowest BCUT2D eigenvalue weighted by Crippen LogP contribution is -2.22. The topological polar surface area (TPSA) is 16.1 Å². The maximum atomic E-state index is 4.42. The van der Waals surface area contributed by atoms with Gasteiger partial charge < -0.3 is 0 Å². The normalized spacial score (nSPS) is 12.7. The molecule has 0 saturated carbocycles. The number of rotatable bonds is 4. The van der Waals surface area contributed by atoms with E-state index in [2.05, 4.69) is 72.4 Å². The Morgan fingerprint density at radius 1 is 0.952 bits per heavy atom. The van der Waals surface area contributed by atoms with Crippen molar-refractivity contribution in [1.82, 2.24) is 9.88 Å². The summed E-state index contributed by atoms with van der Waals surface area (Å²) in [7, 11) is 2.15. The predicted molar refractivity (Wildman–Crippen MR) is 88.1 cm³/mol. The summed E-state index contributed by atoms with van der Waals surface area (Å²) in [5.74, 6) is 0. The first-order chi connectivity index (χ1) is 10.3. The second-order valence-corrected chi connectivity index (χ2v) is 5.48. The number of aromatic nitrogens is 1. The van der Waals surface area contributed by atoms with Gasteiger partial charge in [0.25, 0.3) is 0 Å². The van der Waals surface area contributed by atoms with E-state index in [9.17, 15) is 0 Å². The van der Waals surface area contributed by atoms with Gasteiger partial charge in [-0.05, 0) is 42.4 Å². The first-order valence-electron chi connectivity index (χ1n) is 7.33. The summed E-state index contributed by atoms with van der Waals surface area (Å²) in [6.07, 6.45) is 1.85. The number of nitrogens with zero attached hydrogens (tertiary/aromatic N) is 2. The Morgan fingerprint density at radius 2 is 1.71 bits per heavy atom. The van der Waals surface area contributed by atoms with Crippen molar-refractivity contribution in [3.63, 3.8) is 0 Å². The number of benzene rings is 2. The smallest absolute Gasteiger partial charge is 0.0544 e. The van der Waals surface area contributed by atoms with E-state index in [0.29, 0.717) is 6.04 Å². The molecule has 0 saturated heterocycles. The van der Waals surface area contributed by atoms with E-state index in [4.69, 9.17) is 0 Å². The van der Waals surface area contributed by atoms with Crippen molar-refractivity contribution < 1.29 is 0 Å². The van der Waals surface area contributed by atoms with Crippen LogP contribution in [0.2, 0.25) is 0 Å². The van der Waals surface area contributed by atoms with Gasteiger partial charge in [0.2, 0.25) is 0 Å². The van der Waals surface area contributed by atoms with Crippen molar-refractivity contribution in [2.75, 3.05) is 7.05 Å². The van der Waals surface area contributed by atoms with E-state index in [0.717, 1.165) is 12.2 Å². The molecule has 2 heteroatoms. The summed E-state index contributed by atoms with van der Waals surface area (Å²) in [6, 6.07) is 21.5. The van der Waals surface area contributed by atoms with E-state index in [1.807, 2.05) is 18.3 Å². The molecule has 3 aromatic rings. The minimum Gasteiger partial charge on any atom is -0.294 e. The lowest BCUT2D eigenvalue weighted by atomic mass is 9.99. The van der Waals surface area contributed by atoms with Gasteiger partial charge in [-0.3, -0.25) is 9.88 Å². The Labute approximate surface area is 126 Å². The van der Waals surface area contributed by atoms with Crippen LogP contribution < -0.4 is 0 Å². The summed E-state index contributed by atoms with van der Waals surface area (Å²) >= 11 is 0. The fourth-order valence-corrected chi connectivity index (χ4v) is 2.74. The molecule has 0 spiro atoms. The average Bonchev–Trinajstić information content (AvgIpc) is 2.54. The van der Waals surface area contributed by atoms with Crippen LogP contribution in [0, 0.1) is 0 Å². The summed E-state index contributed by atoms with van der Waals surface area (Å²) in [6.45, 7) is 3.11. The van der Waals surface area contributed by atoms with Gasteiger partial charge >= 0.3 is 0 Å². The molecule has 0 aliphatic rings. The Kier molecular flexibility index (Phi) is 3.98. The fourth-order valence-electron chi connectivity index (χ4n) is 2.74. The van der Waals surface area contributed by atoms with Crippen LogP contribution in [0.15, 0.2) is 66.9 Å². The van der Waals surface area contributed by atoms with Gasteiger partial charge in [-0.25, -0.2) is 0 Å². The van der Waals surface area contributed by atoms with Gasteiger partial charge in [-0.1, -0.05) is 48.5 Å². The van der Waals surface area contributed by atoms with Gasteiger partial charge in [-0.2, -0.15) is 0 Å². The summed E-state index contributed by atoms with van der Waals surface area (Å²) in [5, 5.41) is 2.63. The van der Waals surface area contributed by atoms with Crippen LogP contribution in [0.5, 0.6) is 0 Å². The largest absolute Gasteiger partial charge is 0.294 e. The molecule has 106 valence electrons. The Bertz CT molecular complexity index is 716. The molecule has 1 atom stereocenters. The van der Waals surface area contributed by atoms with Crippen molar-refractivity contribution in [2.24, 2.45) is 0 Å². The molecule has 3 rings (SSSR count). The zero-order chi connectivity index (χ0) is 14.7. The van der Waals surface area contributed by atoms with E-state index >= 15 is 0 Å². The minimum absolute atomic E-state index is 0.345. The number of pyridine rings is 1. The summed E-state index contributed by atoms with van der Waals surface area (Å²) in [4.78, 5) is 6.75. The van der Waals surface area contributed by atoms with Gasteiger partial charge in [0.05, 0.1) is 5.69 Å². The number of hydrogen-bond donors (Lipinski definition) is 0. The van der Waals surface area contributed by atoms with Gasteiger partial charge in [-0.15, -0.1) is 0 Å². The zero-order valence-electron chi connectivity index (χ0n) is 12.5. The maximum Gasteiger partial charge on any atom is 0.0544 e. The quantitative estimate of drug-likeness (QED) is 0.701. The van der Waals surface area contributed by atoms with Crippen molar-refractivity contribution in [2.45, 2.75) is 19.5 Å². The van der Waals surface area contributed by atoms with Crippen LogP contribution in [-0.4, -0.2) is 16.9 Å². The SMILES string of the molecule is C[C@H](c1cccc2ccccc12)N(C)Cc1ccccn1. The van der Waals surface area contributed by atoms with Gasteiger partial charge in [0, 0.05) is 18.8 Å². The maximum absolute atomic E-state index is 4.42. The third-order valence-corrected chi connectivity index (χ3v) is 4.07. The molecule has 0 unspecified atom stereocenters. The van der Waals surface area contributed by atoms with Crippen LogP contribution in [-0.2, 0) is 6.54 Å². The van der Waals surface area contributed by atoms with Gasteiger partial charge in [0.1, 0.15) is 0 Å². The van der Waals surface area contributed by atoms with E-state index in [-0.39, 0.29) is 0 Å². The molecule has 0 amide bonds. The molecular formula is C19H20N2. The molecule has 2 nitrogen and oxygen atoms in total. The second-order valence-electron chi connectivity index (χ2n) is 5.48. The molecule has 2 aromatic carbocycles. The Balaban J connectivity index is 1.88. The standard InChI is InChI=1S/C19H20N2/c1-15(21(2)14-17-10-5-6-13-20-17)18-12-7-9-16-8-3-4-11-19(16)18/h3-13,15H,14H2,1-2H3/t15-/m1/s1. The highest BCUT2D eigenvalue weighted by molar-refractivity contribution is 5.86. The summed E-state index contributed by atoms with van der Waals surface area (Å²) in [5.41, 5.74) is 2.47. The molecular weight excluding hydrogens is 256 g/mol. The summed E-state index contributed by atoms with van der Waals surface area (Å²) < 4.78 is 0. The van der Waals surface area contributed by atoms with Crippen molar-refractivity contribution in [3.8, 4) is 0 Å². The average molecular weight is 276 g/mol.